The summed E-state index contributed by atoms with van der Waals surface area (Å²) in [5, 5.41) is 20.0. The van der Waals surface area contributed by atoms with Crippen LogP contribution in [-0.2, 0) is 0 Å². The molecule has 2 aromatic carbocycles. The first kappa shape index (κ1) is 15.2. The Bertz CT molecular complexity index is 617. The van der Waals surface area contributed by atoms with Gasteiger partial charge in [-0.25, -0.2) is 4.39 Å². The third-order valence-electron chi connectivity index (χ3n) is 2.09. The largest absolute Gasteiger partial charge is 0.304 e. The molecular weight excluding hydrogens is 274 g/mol. The van der Waals surface area contributed by atoms with E-state index in [2.05, 4.69) is 0 Å². The zero-order chi connectivity index (χ0) is 15.1. The van der Waals surface area contributed by atoms with E-state index >= 15 is 0 Å². The van der Waals surface area contributed by atoms with Crippen molar-refractivity contribution in [3.05, 3.63) is 80.4 Å². The molecule has 2 rings (SSSR count). The number of rotatable bonds is 2. The van der Waals surface area contributed by atoms with Crippen LogP contribution < -0.4 is 0 Å². The van der Waals surface area contributed by atoms with Crippen LogP contribution in [0.2, 0.25) is 0 Å². The second kappa shape index (κ2) is 6.88. The highest BCUT2D eigenvalue weighted by Gasteiger charge is 2.10. The third kappa shape index (κ3) is 4.41. The minimum Gasteiger partial charge on any atom is -0.258 e. The summed E-state index contributed by atoms with van der Waals surface area (Å²) in [7, 11) is 0. The molecule has 6 nitrogen and oxygen atoms in total. The first-order chi connectivity index (χ1) is 9.41. The van der Waals surface area contributed by atoms with Gasteiger partial charge in [0.05, 0.1) is 9.85 Å². The van der Waals surface area contributed by atoms with E-state index in [-0.39, 0.29) is 5.69 Å². The predicted octanol–water partition coefficient (Wildman–Crippen LogP) is 3.47. The van der Waals surface area contributed by atoms with Crippen LogP contribution in [0.25, 0.3) is 0 Å². The number of nitrogens with zero attached hydrogens (tertiary/aromatic N) is 2. The molecular formula is C12H8F2N2O4. The lowest BCUT2D eigenvalue weighted by molar-refractivity contribution is -0.387. The maximum absolute atomic E-state index is 12.4. The molecule has 0 saturated heterocycles. The van der Waals surface area contributed by atoms with Gasteiger partial charge in [0.1, 0.15) is 5.82 Å². The van der Waals surface area contributed by atoms with Crippen molar-refractivity contribution < 1.29 is 18.6 Å². The van der Waals surface area contributed by atoms with Crippen LogP contribution in [0.1, 0.15) is 0 Å². The summed E-state index contributed by atoms with van der Waals surface area (Å²) in [6.07, 6.45) is 0. The van der Waals surface area contributed by atoms with Crippen molar-refractivity contribution in [2.75, 3.05) is 0 Å². The Morgan fingerprint density at radius 3 is 1.75 bits per heavy atom. The fourth-order valence-electron chi connectivity index (χ4n) is 1.16. The molecule has 0 heterocycles. The molecule has 0 atom stereocenters. The van der Waals surface area contributed by atoms with Gasteiger partial charge in [-0.1, -0.05) is 12.1 Å². The molecule has 0 aliphatic rings. The second-order valence-electron chi connectivity index (χ2n) is 3.44. The zero-order valence-corrected chi connectivity index (χ0v) is 9.90. The zero-order valence-electron chi connectivity index (χ0n) is 9.90. The van der Waals surface area contributed by atoms with E-state index in [1.54, 1.807) is 0 Å². The number of nitro groups is 2. The van der Waals surface area contributed by atoms with E-state index in [4.69, 9.17) is 0 Å². The molecule has 0 aliphatic carbocycles. The van der Waals surface area contributed by atoms with E-state index < -0.39 is 27.2 Å². The van der Waals surface area contributed by atoms with Crippen LogP contribution in [0.4, 0.5) is 20.2 Å². The van der Waals surface area contributed by atoms with Crippen LogP contribution in [0.5, 0.6) is 0 Å². The average Bonchev–Trinajstić information content (AvgIpc) is 2.40. The van der Waals surface area contributed by atoms with Gasteiger partial charge in [-0.3, -0.25) is 20.2 Å². The predicted molar refractivity (Wildman–Crippen MR) is 66.1 cm³/mol. The van der Waals surface area contributed by atoms with E-state index in [0.29, 0.717) is 0 Å². The molecule has 8 heteroatoms. The van der Waals surface area contributed by atoms with Crippen LogP contribution in [0.3, 0.4) is 0 Å². The monoisotopic (exact) mass is 282 g/mol. The number of benzene rings is 2. The van der Waals surface area contributed by atoms with Gasteiger partial charge >= 0.3 is 5.69 Å². The molecule has 0 fully saturated rings. The molecule has 0 amide bonds. The van der Waals surface area contributed by atoms with Crippen molar-refractivity contribution in [2.24, 2.45) is 0 Å². The number of para-hydroxylation sites is 1. The minimum atomic E-state index is -0.799. The summed E-state index contributed by atoms with van der Waals surface area (Å²) in [6, 6.07) is 9.35. The maximum Gasteiger partial charge on any atom is 0.304 e. The first-order valence-corrected chi connectivity index (χ1v) is 5.20. The summed E-state index contributed by atoms with van der Waals surface area (Å²) in [6.45, 7) is 0. The molecule has 0 bridgehead atoms. The van der Waals surface area contributed by atoms with Crippen molar-refractivity contribution >= 4 is 11.4 Å². The van der Waals surface area contributed by atoms with Crippen molar-refractivity contribution in [1.82, 2.24) is 0 Å². The smallest absolute Gasteiger partial charge is 0.258 e. The lowest BCUT2D eigenvalue weighted by atomic mass is 10.3. The first-order valence-electron chi connectivity index (χ1n) is 5.20. The van der Waals surface area contributed by atoms with Crippen LogP contribution >= 0.6 is 0 Å². The minimum absolute atomic E-state index is 0.0959. The van der Waals surface area contributed by atoms with Crippen molar-refractivity contribution in [3.8, 4) is 0 Å². The highest BCUT2D eigenvalue weighted by molar-refractivity contribution is 5.30. The van der Waals surface area contributed by atoms with Gasteiger partial charge in [-0.05, 0) is 18.2 Å². The number of halogens is 2. The highest BCUT2D eigenvalue weighted by atomic mass is 19.1. The molecule has 0 spiro atoms. The van der Waals surface area contributed by atoms with E-state index in [1.807, 2.05) is 0 Å². The molecule has 0 aromatic heterocycles. The molecule has 0 aliphatic heterocycles. The number of non-ortho nitro benzene ring substituents is 1. The molecule has 2 aromatic rings. The quantitative estimate of drug-likeness (QED) is 0.623. The molecule has 104 valence electrons. The second-order valence-corrected chi connectivity index (χ2v) is 3.44. The van der Waals surface area contributed by atoms with Crippen molar-refractivity contribution in [2.45, 2.75) is 0 Å². The third-order valence-corrected chi connectivity index (χ3v) is 2.09. The van der Waals surface area contributed by atoms with Crippen LogP contribution in [0, 0.1) is 31.9 Å². The van der Waals surface area contributed by atoms with Gasteiger partial charge in [0.15, 0.2) is 0 Å². The van der Waals surface area contributed by atoms with Crippen LogP contribution in [-0.4, -0.2) is 9.85 Å². The average molecular weight is 282 g/mol. The molecule has 0 unspecified atom stereocenters. The van der Waals surface area contributed by atoms with Crippen LogP contribution in [0.15, 0.2) is 48.5 Å². The van der Waals surface area contributed by atoms with Gasteiger partial charge in [-0.2, -0.15) is 4.39 Å². The molecule has 20 heavy (non-hydrogen) atoms. The van der Waals surface area contributed by atoms with Gasteiger partial charge in [0.2, 0.25) is 5.82 Å². The Hall–Kier alpha value is -2.90. The van der Waals surface area contributed by atoms with Crippen molar-refractivity contribution in [1.29, 1.82) is 0 Å². The topological polar surface area (TPSA) is 86.3 Å². The van der Waals surface area contributed by atoms with E-state index in [1.165, 1.54) is 12.1 Å². The van der Waals surface area contributed by atoms with E-state index in [9.17, 15) is 29.0 Å². The highest BCUT2D eigenvalue weighted by Crippen LogP contribution is 2.14. The van der Waals surface area contributed by atoms with Gasteiger partial charge in [0, 0.05) is 18.2 Å². The molecule has 0 N–H and O–H groups in total. The molecule has 0 radical (unpaired) electrons. The number of nitro benzene ring substituents is 2. The van der Waals surface area contributed by atoms with Gasteiger partial charge in [-0.15, -0.1) is 0 Å². The Balaban J connectivity index is 0.000000200. The molecule has 0 saturated carbocycles. The Labute approximate surface area is 111 Å². The SMILES string of the molecule is O=[N+]([O-])c1ccc(F)cc1.O=[N+]([O-])c1ccccc1F. The lowest BCUT2D eigenvalue weighted by Gasteiger charge is -1.89. The standard InChI is InChI=1S/2C6H4FNO2/c7-5-1-3-6(4-2-5)8(9)10;7-5-3-1-2-4-6(5)8(9)10/h2*1-4H. The van der Waals surface area contributed by atoms with Gasteiger partial charge < -0.3 is 0 Å². The summed E-state index contributed by atoms with van der Waals surface area (Å²) < 4.78 is 24.5. The Morgan fingerprint density at radius 2 is 1.35 bits per heavy atom. The Kier molecular flexibility index (Phi) is 5.21. The fourth-order valence-corrected chi connectivity index (χ4v) is 1.16. The number of hydrogen-bond donors (Lipinski definition) is 0. The lowest BCUT2D eigenvalue weighted by Crippen LogP contribution is -1.90. The fraction of sp³-hybridized carbons (Fsp3) is 0. The summed E-state index contributed by atoms with van der Waals surface area (Å²) in [4.78, 5) is 18.7. The van der Waals surface area contributed by atoms with Crippen molar-refractivity contribution in [3.63, 3.8) is 0 Å². The Morgan fingerprint density at radius 1 is 0.800 bits per heavy atom. The summed E-state index contributed by atoms with van der Waals surface area (Å²) >= 11 is 0. The summed E-state index contributed by atoms with van der Waals surface area (Å²) in [5.41, 5.74) is -0.580. The summed E-state index contributed by atoms with van der Waals surface area (Å²) in [5.74, 6) is -1.27. The number of hydrogen-bond acceptors (Lipinski definition) is 4. The maximum atomic E-state index is 12.4. The normalized spacial score (nSPS) is 9.30. The van der Waals surface area contributed by atoms with E-state index in [0.717, 1.165) is 36.4 Å². The van der Waals surface area contributed by atoms with Gasteiger partial charge in [0.25, 0.3) is 5.69 Å².